The van der Waals surface area contributed by atoms with Gasteiger partial charge in [-0.3, -0.25) is 9.78 Å². The number of imidazole rings is 1. The Bertz CT molecular complexity index is 845. The second kappa shape index (κ2) is 5.83. The molecule has 5 heteroatoms. The van der Waals surface area contributed by atoms with Gasteiger partial charge in [0.05, 0.1) is 17.4 Å². The Morgan fingerprint density at radius 2 is 1.96 bits per heavy atom. The topological polar surface area (TPSA) is 59.8 Å². The fraction of sp³-hybridized carbons (Fsp3) is 0.278. The van der Waals surface area contributed by atoms with E-state index in [4.69, 9.17) is 0 Å². The largest absolute Gasteiger partial charge is 0.324 e. The number of rotatable bonds is 3. The van der Waals surface area contributed by atoms with E-state index in [0.717, 1.165) is 22.4 Å². The maximum absolute atomic E-state index is 12.3. The lowest BCUT2D eigenvalue weighted by atomic mass is 9.91. The van der Waals surface area contributed by atoms with Crippen molar-refractivity contribution >= 4 is 22.6 Å². The van der Waals surface area contributed by atoms with Crippen LogP contribution in [0.2, 0.25) is 0 Å². The highest BCUT2D eigenvalue weighted by atomic mass is 16.1. The lowest BCUT2D eigenvalue weighted by molar-refractivity contribution is -0.116. The number of hydrogen-bond donors (Lipinski definition) is 1. The zero-order valence-electron chi connectivity index (χ0n) is 13.6. The second-order valence-corrected chi connectivity index (χ2v) is 6.59. The van der Waals surface area contributed by atoms with Gasteiger partial charge in [-0.2, -0.15) is 0 Å². The first kappa shape index (κ1) is 15.2. The fourth-order valence-electron chi connectivity index (χ4n) is 2.41. The van der Waals surface area contributed by atoms with Gasteiger partial charge < -0.3 is 9.88 Å². The van der Waals surface area contributed by atoms with Gasteiger partial charge in [-0.1, -0.05) is 32.9 Å². The monoisotopic (exact) mass is 308 g/mol. The number of pyridine rings is 1. The summed E-state index contributed by atoms with van der Waals surface area (Å²) in [6, 6.07) is 11.5. The van der Waals surface area contributed by atoms with Gasteiger partial charge in [0.1, 0.15) is 6.54 Å². The Hall–Kier alpha value is -2.69. The molecule has 23 heavy (non-hydrogen) atoms. The first-order chi connectivity index (χ1) is 10.9. The van der Waals surface area contributed by atoms with Crippen LogP contribution in [0.25, 0.3) is 11.0 Å². The predicted octanol–water partition coefficient (Wildman–Crippen LogP) is 3.37. The summed E-state index contributed by atoms with van der Waals surface area (Å²) in [5.41, 5.74) is 3.50. The Morgan fingerprint density at radius 1 is 1.17 bits per heavy atom. The zero-order chi connectivity index (χ0) is 16.4. The normalized spacial score (nSPS) is 11.6. The highest BCUT2D eigenvalue weighted by molar-refractivity contribution is 5.91. The molecule has 3 aromatic rings. The van der Waals surface area contributed by atoms with Crippen LogP contribution in [0.4, 0.5) is 5.69 Å². The van der Waals surface area contributed by atoms with Gasteiger partial charge in [-0.15, -0.1) is 0 Å². The van der Waals surface area contributed by atoms with Crippen LogP contribution < -0.4 is 5.32 Å². The Balaban J connectivity index is 1.75. The third-order valence-corrected chi connectivity index (χ3v) is 3.65. The van der Waals surface area contributed by atoms with E-state index in [2.05, 4.69) is 36.1 Å². The van der Waals surface area contributed by atoms with Gasteiger partial charge >= 0.3 is 0 Å². The van der Waals surface area contributed by atoms with Crippen molar-refractivity contribution in [3.05, 3.63) is 54.6 Å². The van der Waals surface area contributed by atoms with E-state index in [1.807, 2.05) is 34.9 Å². The summed E-state index contributed by atoms with van der Waals surface area (Å²) in [5.74, 6) is -0.0841. The van der Waals surface area contributed by atoms with Crippen LogP contribution in [0, 0.1) is 0 Å². The highest BCUT2D eigenvalue weighted by Gasteiger charge is 2.16. The molecule has 0 unspecified atom stereocenters. The average molecular weight is 308 g/mol. The number of fused-ring (bicyclic) bond motifs is 1. The number of aromatic nitrogens is 3. The summed E-state index contributed by atoms with van der Waals surface area (Å²) in [4.78, 5) is 21.0. The van der Waals surface area contributed by atoms with Crippen molar-refractivity contribution in [3.63, 3.8) is 0 Å². The van der Waals surface area contributed by atoms with E-state index in [1.165, 1.54) is 0 Å². The standard InChI is InChI=1S/C18H20N4O/c1-18(2,3)16-10-13(8-9-19-16)21-17(23)11-22-12-20-14-6-4-5-7-15(14)22/h4-10,12H,11H2,1-3H3,(H,19,21,23). The number of amides is 1. The van der Waals surface area contributed by atoms with Gasteiger partial charge in [-0.05, 0) is 24.3 Å². The number of anilines is 1. The molecule has 2 heterocycles. The SMILES string of the molecule is CC(C)(C)c1cc(NC(=O)Cn2cnc3ccccc32)ccn1. The van der Waals surface area contributed by atoms with E-state index in [0.29, 0.717) is 0 Å². The molecule has 0 spiro atoms. The number of para-hydroxylation sites is 2. The van der Waals surface area contributed by atoms with Crippen LogP contribution in [0.15, 0.2) is 48.9 Å². The molecule has 1 N–H and O–H groups in total. The van der Waals surface area contributed by atoms with Gasteiger partial charge in [-0.25, -0.2) is 4.98 Å². The average Bonchev–Trinajstić information content (AvgIpc) is 2.90. The van der Waals surface area contributed by atoms with Gasteiger partial charge in [0.2, 0.25) is 5.91 Å². The molecular weight excluding hydrogens is 288 g/mol. The molecule has 1 amide bonds. The maximum Gasteiger partial charge on any atom is 0.244 e. The van der Waals surface area contributed by atoms with Crippen molar-refractivity contribution in [2.24, 2.45) is 0 Å². The van der Waals surface area contributed by atoms with Gasteiger partial charge in [0.15, 0.2) is 0 Å². The molecule has 1 aromatic carbocycles. The number of hydrogen-bond acceptors (Lipinski definition) is 3. The third-order valence-electron chi connectivity index (χ3n) is 3.65. The van der Waals surface area contributed by atoms with Crippen molar-refractivity contribution in [1.82, 2.24) is 14.5 Å². The molecule has 0 bridgehead atoms. The van der Waals surface area contributed by atoms with Crippen molar-refractivity contribution in [2.75, 3.05) is 5.32 Å². The summed E-state index contributed by atoms with van der Waals surface area (Å²) in [7, 11) is 0. The molecule has 0 atom stereocenters. The highest BCUT2D eigenvalue weighted by Crippen LogP contribution is 2.22. The molecule has 0 radical (unpaired) electrons. The van der Waals surface area contributed by atoms with Crippen molar-refractivity contribution in [2.45, 2.75) is 32.7 Å². The molecule has 0 saturated heterocycles. The molecule has 118 valence electrons. The molecule has 0 saturated carbocycles. The molecule has 2 aromatic heterocycles. The van der Waals surface area contributed by atoms with E-state index < -0.39 is 0 Å². The summed E-state index contributed by atoms with van der Waals surface area (Å²) < 4.78 is 1.84. The molecule has 0 aliphatic rings. The Kier molecular flexibility index (Phi) is 3.86. The number of carbonyl (C=O) groups excluding carboxylic acids is 1. The van der Waals surface area contributed by atoms with Crippen LogP contribution in [-0.4, -0.2) is 20.4 Å². The van der Waals surface area contributed by atoms with Gasteiger partial charge in [0, 0.05) is 23.0 Å². The number of benzene rings is 1. The summed E-state index contributed by atoms with van der Waals surface area (Å²) >= 11 is 0. The second-order valence-electron chi connectivity index (χ2n) is 6.59. The lowest BCUT2D eigenvalue weighted by Gasteiger charge is -2.18. The van der Waals surface area contributed by atoms with Crippen molar-refractivity contribution in [3.8, 4) is 0 Å². The van der Waals surface area contributed by atoms with Crippen LogP contribution in [0.5, 0.6) is 0 Å². The smallest absolute Gasteiger partial charge is 0.244 e. The Labute approximate surface area is 135 Å². The zero-order valence-corrected chi connectivity index (χ0v) is 13.6. The summed E-state index contributed by atoms with van der Waals surface area (Å²) in [5, 5.41) is 2.93. The van der Waals surface area contributed by atoms with Crippen LogP contribution in [0.3, 0.4) is 0 Å². The molecule has 3 rings (SSSR count). The minimum absolute atomic E-state index is 0.0543. The minimum atomic E-state index is -0.0841. The molecule has 0 aliphatic heterocycles. The number of nitrogens with zero attached hydrogens (tertiary/aromatic N) is 3. The van der Waals surface area contributed by atoms with Gasteiger partial charge in [0.25, 0.3) is 0 Å². The Morgan fingerprint density at radius 3 is 2.74 bits per heavy atom. The van der Waals surface area contributed by atoms with E-state index in [9.17, 15) is 4.79 Å². The summed E-state index contributed by atoms with van der Waals surface area (Å²) in [6.45, 7) is 6.52. The molecule has 5 nitrogen and oxygen atoms in total. The van der Waals surface area contributed by atoms with E-state index >= 15 is 0 Å². The maximum atomic E-state index is 12.3. The number of nitrogens with one attached hydrogen (secondary N) is 1. The molecule has 0 fully saturated rings. The first-order valence-corrected chi connectivity index (χ1v) is 7.60. The van der Waals surface area contributed by atoms with Crippen LogP contribution >= 0.6 is 0 Å². The first-order valence-electron chi connectivity index (χ1n) is 7.60. The van der Waals surface area contributed by atoms with Crippen molar-refractivity contribution < 1.29 is 4.79 Å². The lowest BCUT2D eigenvalue weighted by Crippen LogP contribution is -2.19. The predicted molar refractivity (Wildman–Crippen MR) is 91.3 cm³/mol. The molecule has 0 aliphatic carbocycles. The van der Waals surface area contributed by atoms with Crippen LogP contribution in [0.1, 0.15) is 26.5 Å². The minimum Gasteiger partial charge on any atom is -0.324 e. The van der Waals surface area contributed by atoms with E-state index in [-0.39, 0.29) is 17.9 Å². The molecular formula is C18H20N4O. The summed E-state index contributed by atoms with van der Waals surface area (Å²) in [6.07, 6.45) is 3.42. The fourth-order valence-corrected chi connectivity index (χ4v) is 2.41. The van der Waals surface area contributed by atoms with Crippen molar-refractivity contribution in [1.29, 1.82) is 0 Å². The quantitative estimate of drug-likeness (QED) is 0.807. The van der Waals surface area contributed by atoms with E-state index in [1.54, 1.807) is 18.6 Å². The number of carbonyl (C=O) groups is 1. The van der Waals surface area contributed by atoms with Crippen LogP contribution in [-0.2, 0) is 16.8 Å². The third kappa shape index (κ3) is 3.39.